The maximum Gasteiger partial charge on any atom is 0.177 e. The summed E-state index contributed by atoms with van der Waals surface area (Å²) < 4.78 is 7.10. The minimum Gasteiger partial charge on any atom is -0.497 e. The van der Waals surface area contributed by atoms with Crippen LogP contribution < -0.4 is 21.5 Å². The van der Waals surface area contributed by atoms with Crippen LogP contribution in [0.25, 0.3) is 5.65 Å². The van der Waals surface area contributed by atoms with Crippen LogP contribution in [-0.2, 0) is 0 Å². The highest BCUT2D eigenvalue weighted by atomic mass is 16.5. The van der Waals surface area contributed by atoms with E-state index in [4.69, 9.17) is 21.2 Å². The molecule has 1 aromatic carbocycles. The summed E-state index contributed by atoms with van der Waals surface area (Å²) in [5, 5.41) is 7.93. The molecular formula is C20H26N6O. The Morgan fingerprint density at radius 1 is 1.22 bits per heavy atom. The maximum atomic E-state index is 6.16. The number of fused-ring (bicyclic) bond motifs is 1. The molecule has 2 aromatic heterocycles. The van der Waals surface area contributed by atoms with Gasteiger partial charge in [-0.05, 0) is 44.7 Å². The van der Waals surface area contributed by atoms with Gasteiger partial charge in [0.25, 0.3) is 0 Å². The van der Waals surface area contributed by atoms with E-state index >= 15 is 0 Å². The van der Waals surface area contributed by atoms with E-state index in [0.717, 1.165) is 59.7 Å². The Kier molecular flexibility index (Phi) is 4.61. The number of rotatable bonds is 4. The van der Waals surface area contributed by atoms with Crippen LogP contribution in [0.2, 0.25) is 0 Å². The van der Waals surface area contributed by atoms with Gasteiger partial charge in [-0.1, -0.05) is 6.07 Å². The molecule has 1 aliphatic carbocycles. The van der Waals surface area contributed by atoms with Crippen molar-refractivity contribution < 1.29 is 4.74 Å². The van der Waals surface area contributed by atoms with Crippen molar-refractivity contribution in [1.82, 2.24) is 14.6 Å². The topological polar surface area (TPSA) is 103 Å². The summed E-state index contributed by atoms with van der Waals surface area (Å²) in [7, 11) is 1.66. The molecule has 0 bridgehead atoms. The molecule has 3 aromatic rings. The number of ether oxygens (including phenoxy) is 1. The molecule has 0 amide bonds. The van der Waals surface area contributed by atoms with Crippen LogP contribution in [0.15, 0.2) is 30.5 Å². The van der Waals surface area contributed by atoms with Crippen LogP contribution in [0, 0.1) is 6.92 Å². The monoisotopic (exact) mass is 366 g/mol. The zero-order chi connectivity index (χ0) is 19.0. The average molecular weight is 366 g/mol. The summed E-state index contributed by atoms with van der Waals surface area (Å²) in [4.78, 5) is 4.91. The molecule has 0 radical (unpaired) electrons. The number of nitrogens with one attached hydrogen (secondary N) is 1. The van der Waals surface area contributed by atoms with Gasteiger partial charge in [0.05, 0.1) is 24.7 Å². The van der Waals surface area contributed by atoms with Crippen LogP contribution in [0.3, 0.4) is 0 Å². The first kappa shape index (κ1) is 17.6. The van der Waals surface area contributed by atoms with Crippen molar-refractivity contribution in [3.8, 4) is 5.75 Å². The van der Waals surface area contributed by atoms with Gasteiger partial charge >= 0.3 is 0 Å². The number of hydrogen-bond donors (Lipinski definition) is 3. The molecule has 4 rings (SSSR count). The summed E-state index contributed by atoms with van der Waals surface area (Å²) in [5.41, 5.74) is 16.7. The first-order valence-electron chi connectivity index (χ1n) is 9.37. The zero-order valence-corrected chi connectivity index (χ0v) is 15.8. The zero-order valence-electron chi connectivity index (χ0n) is 15.8. The number of anilines is 3. The number of nitrogens with two attached hydrogens (primary N) is 2. The van der Waals surface area contributed by atoms with Gasteiger partial charge in [-0.25, -0.2) is 9.50 Å². The Balaban J connectivity index is 1.73. The van der Waals surface area contributed by atoms with E-state index in [1.807, 2.05) is 37.4 Å². The predicted octanol–water partition coefficient (Wildman–Crippen LogP) is 3.36. The fourth-order valence-corrected chi connectivity index (χ4v) is 3.73. The van der Waals surface area contributed by atoms with Gasteiger partial charge in [0, 0.05) is 29.3 Å². The second-order valence-corrected chi connectivity index (χ2v) is 7.29. The Bertz CT molecular complexity index is 959. The molecular weight excluding hydrogens is 340 g/mol. The van der Waals surface area contributed by atoms with Gasteiger partial charge < -0.3 is 21.5 Å². The third-order valence-corrected chi connectivity index (χ3v) is 5.43. The van der Waals surface area contributed by atoms with Gasteiger partial charge in [-0.2, -0.15) is 0 Å². The Labute approximate surface area is 158 Å². The molecule has 7 nitrogen and oxygen atoms in total. The van der Waals surface area contributed by atoms with Crippen LogP contribution in [-0.4, -0.2) is 27.7 Å². The van der Waals surface area contributed by atoms with Crippen molar-refractivity contribution in [3.05, 3.63) is 41.7 Å². The fourth-order valence-electron chi connectivity index (χ4n) is 3.73. The second kappa shape index (κ2) is 7.08. The molecule has 2 heterocycles. The molecule has 0 atom stereocenters. The van der Waals surface area contributed by atoms with Crippen molar-refractivity contribution >= 4 is 22.8 Å². The van der Waals surface area contributed by atoms with Gasteiger partial charge in [0.1, 0.15) is 11.6 Å². The summed E-state index contributed by atoms with van der Waals surface area (Å²) in [5.74, 6) is 1.71. The SMILES string of the molecule is COc1cccc(Nc2c(C)c(N)nn3cc([C@H]4CC[C@H](N)CC4)nc23)c1. The average Bonchev–Trinajstić information content (AvgIpc) is 3.09. The third kappa shape index (κ3) is 3.42. The lowest BCUT2D eigenvalue weighted by Gasteiger charge is -2.24. The number of nitrogen functional groups attached to an aromatic ring is 1. The highest BCUT2D eigenvalue weighted by Crippen LogP contribution is 2.34. The minimum atomic E-state index is 0.319. The summed E-state index contributed by atoms with van der Waals surface area (Å²) in [6.07, 6.45) is 6.23. The van der Waals surface area contributed by atoms with Gasteiger partial charge in [-0.3, -0.25) is 0 Å². The van der Waals surface area contributed by atoms with E-state index in [1.54, 1.807) is 11.6 Å². The molecule has 1 aliphatic rings. The summed E-state index contributed by atoms with van der Waals surface area (Å²) >= 11 is 0. The maximum absolute atomic E-state index is 6.16. The lowest BCUT2D eigenvalue weighted by molar-refractivity contribution is 0.391. The van der Waals surface area contributed by atoms with Crippen LogP contribution in [0.4, 0.5) is 17.2 Å². The molecule has 0 spiro atoms. The van der Waals surface area contributed by atoms with Crippen molar-refractivity contribution in [2.75, 3.05) is 18.2 Å². The van der Waals surface area contributed by atoms with E-state index in [9.17, 15) is 0 Å². The highest BCUT2D eigenvalue weighted by Gasteiger charge is 2.23. The molecule has 7 heteroatoms. The van der Waals surface area contributed by atoms with E-state index in [1.165, 1.54) is 0 Å². The summed E-state index contributed by atoms with van der Waals surface area (Å²) in [6.45, 7) is 1.96. The molecule has 27 heavy (non-hydrogen) atoms. The van der Waals surface area contributed by atoms with Crippen LogP contribution in [0.5, 0.6) is 5.75 Å². The second-order valence-electron chi connectivity index (χ2n) is 7.29. The standard InChI is InChI=1S/C20H26N6O/c1-12-18(23-15-4-3-5-16(10-15)27-2)20-24-17(11-26(20)25-19(12)22)13-6-8-14(21)9-7-13/h3-5,10-11,13-14,23H,6-9,21H2,1-2H3,(H2,22,25)/t13-,14-. The lowest BCUT2D eigenvalue weighted by Crippen LogP contribution is -2.25. The lowest BCUT2D eigenvalue weighted by atomic mass is 9.85. The number of hydrogen-bond acceptors (Lipinski definition) is 6. The molecule has 0 unspecified atom stereocenters. The van der Waals surface area contributed by atoms with Crippen LogP contribution in [0.1, 0.15) is 42.9 Å². The molecule has 142 valence electrons. The first-order valence-corrected chi connectivity index (χ1v) is 9.37. The molecule has 0 saturated heterocycles. The normalized spacial score (nSPS) is 20.0. The Morgan fingerprint density at radius 3 is 2.74 bits per heavy atom. The van der Waals surface area contributed by atoms with Crippen molar-refractivity contribution in [2.24, 2.45) is 5.73 Å². The largest absolute Gasteiger partial charge is 0.497 e. The molecule has 1 fully saturated rings. The Morgan fingerprint density at radius 2 is 2.00 bits per heavy atom. The van der Waals surface area contributed by atoms with E-state index in [-0.39, 0.29) is 0 Å². The third-order valence-electron chi connectivity index (χ3n) is 5.43. The van der Waals surface area contributed by atoms with Gasteiger partial charge in [-0.15, -0.1) is 5.10 Å². The molecule has 1 saturated carbocycles. The van der Waals surface area contributed by atoms with E-state index in [2.05, 4.69) is 10.4 Å². The van der Waals surface area contributed by atoms with Crippen molar-refractivity contribution in [2.45, 2.75) is 44.6 Å². The highest BCUT2D eigenvalue weighted by molar-refractivity contribution is 5.80. The van der Waals surface area contributed by atoms with Crippen molar-refractivity contribution in [3.63, 3.8) is 0 Å². The van der Waals surface area contributed by atoms with Gasteiger partial charge in [0.15, 0.2) is 5.65 Å². The minimum absolute atomic E-state index is 0.319. The van der Waals surface area contributed by atoms with E-state index < -0.39 is 0 Å². The van der Waals surface area contributed by atoms with Crippen LogP contribution >= 0.6 is 0 Å². The quantitative estimate of drug-likeness (QED) is 0.654. The fraction of sp³-hybridized carbons (Fsp3) is 0.400. The number of imidazole rings is 1. The predicted molar refractivity (Wildman–Crippen MR) is 108 cm³/mol. The van der Waals surface area contributed by atoms with Gasteiger partial charge in [0.2, 0.25) is 0 Å². The molecule has 0 aliphatic heterocycles. The number of aromatic nitrogens is 3. The number of methoxy groups -OCH3 is 1. The first-order chi connectivity index (χ1) is 13.0. The molecule has 5 N–H and O–H groups in total. The Hall–Kier alpha value is -2.80. The summed E-state index contributed by atoms with van der Waals surface area (Å²) in [6, 6.07) is 8.11. The van der Waals surface area contributed by atoms with Crippen molar-refractivity contribution in [1.29, 1.82) is 0 Å². The smallest absolute Gasteiger partial charge is 0.177 e. The number of benzene rings is 1. The number of nitrogens with zero attached hydrogens (tertiary/aromatic N) is 3. The van der Waals surface area contributed by atoms with E-state index in [0.29, 0.717) is 17.8 Å².